The molecule has 1 saturated carbocycles. The van der Waals surface area contributed by atoms with Crippen LogP contribution in [0.5, 0.6) is 5.75 Å². The highest BCUT2D eigenvalue weighted by atomic mass is 79.9. The topological polar surface area (TPSA) is 59.0 Å². The first-order chi connectivity index (χ1) is 12.9. The molecule has 5 nitrogen and oxygen atoms in total. The Morgan fingerprint density at radius 3 is 3.04 bits per heavy atom. The van der Waals surface area contributed by atoms with Gasteiger partial charge in [-0.2, -0.15) is 0 Å². The molecule has 1 amide bonds. The summed E-state index contributed by atoms with van der Waals surface area (Å²) in [5.41, 5.74) is 3.39. The van der Waals surface area contributed by atoms with Gasteiger partial charge >= 0.3 is 6.09 Å². The molecule has 1 saturated heterocycles. The van der Waals surface area contributed by atoms with Crippen molar-refractivity contribution in [2.75, 3.05) is 13.2 Å². The third kappa shape index (κ3) is 2.22. The van der Waals surface area contributed by atoms with Gasteiger partial charge in [0, 0.05) is 32.9 Å². The summed E-state index contributed by atoms with van der Waals surface area (Å²) in [5.74, 6) is 1.20. The second kappa shape index (κ2) is 6.10. The van der Waals surface area contributed by atoms with E-state index in [-0.39, 0.29) is 34.4 Å². The van der Waals surface area contributed by atoms with Crippen LogP contribution in [-0.2, 0) is 16.6 Å². The van der Waals surface area contributed by atoms with Crippen molar-refractivity contribution in [3.05, 3.63) is 27.2 Å². The molecule has 2 aliphatic carbocycles. The fourth-order valence-electron chi connectivity index (χ4n) is 6.10. The van der Waals surface area contributed by atoms with Gasteiger partial charge in [0.25, 0.3) is 0 Å². The van der Waals surface area contributed by atoms with E-state index in [0.717, 1.165) is 35.0 Å². The number of aliphatic hydroxyl groups excluding tert-OH is 1. The van der Waals surface area contributed by atoms with Gasteiger partial charge in [0.2, 0.25) is 0 Å². The van der Waals surface area contributed by atoms with Crippen molar-refractivity contribution in [2.45, 2.75) is 61.6 Å². The zero-order chi connectivity index (χ0) is 19.1. The first-order valence-electron chi connectivity index (χ1n) is 9.64. The normalized spacial score (nSPS) is 38.3. The minimum Gasteiger partial charge on any atom is -0.486 e. The van der Waals surface area contributed by atoms with Gasteiger partial charge < -0.3 is 19.5 Å². The second-order valence-electron chi connectivity index (χ2n) is 8.20. The number of aryl methyl sites for hydroxylation is 1. The molecule has 1 N–H and O–H groups in total. The van der Waals surface area contributed by atoms with Crippen LogP contribution in [0.4, 0.5) is 4.79 Å². The molecule has 0 unspecified atom stereocenters. The first kappa shape index (κ1) is 18.3. The Bertz CT molecular complexity index is 831. The fourth-order valence-corrected chi connectivity index (χ4v) is 7.49. The van der Waals surface area contributed by atoms with E-state index in [9.17, 15) is 9.90 Å². The lowest BCUT2D eigenvalue weighted by Gasteiger charge is -2.59. The van der Waals surface area contributed by atoms with Crippen LogP contribution in [0.3, 0.4) is 0 Å². The molecule has 2 bridgehead atoms. The lowest BCUT2D eigenvalue weighted by molar-refractivity contribution is -0.0953. The third-order valence-electron chi connectivity index (χ3n) is 7.10. The number of hydrogen-bond donors (Lipinski definition) is 1. The summed E-state index contributed by atoms with van der Waals surface area (Å²) in [5, 5.41) is 11.0. The summed E-state index contributed by atoms with van der Waals surface area (Å²) < 4.78 is 12.9. The highest BCUT2D eigenvalue weighted by Gasteiger charge is 2.67. The summed E-state index contributed by atoms with van der Waals surface area (Å²) >= 11 is 7.45. The molecule has 0 aromatic heterocycles. The number of amides is 1. The van der Waals surface area contributed by atoms with Crippen molar-refractivity contribution in [3.63, 3.8) is 0 Å². The minimum absolute atomic E-state index is 0.0371. The maximum Gasteiger partial charge on any atom is 0.410 e. The Labute approximate surface area is 175 Å². The Kier molecular flexibility index (Phi) is 4.12. The van der Waals surface area contributed by atoms with Crippen LogP contribution in [0.15, 0.2) is 10.5 Å². The monoisotopic (exact) mass is 499 g/mol. The van der Waals surface area contributed by atoms with Crippen LogP contribution < -0.4 is 4.74 Å². The number of carbonyl (C=O) groups excluding carboxylic acids is 1. The lowest BCUT2D eigenvalue weighted by atomic mass is 9.51. The number of rotatable bonds is 1. The van der Waals surface area contributed by atoms with Crippen LogP contribution in [0.1, 0.15) is 36.5 Å². The van der Waals surface area contributed by atoms with Crippen molar-refractivity contribution in [2.24, 2.45) is 5.92 Å². The van der Waals surface area contributed by atoms with E-state index in [1.165, 1.54) is 11.1 Å². The highest BCUT2D eigenvalue weighted by Crippen LogP contribution is 2.64. The molecule has 5 rings (SSSR count). The van der Waals surface area contributed by atoms with E-state index in [1.54, 1.807) is 0 Å². The number of benzene rings is 1. The zero-order valence-electron chi connectivity index (χ0n) is 15.4. The largest absolute Gasteiger partial charge is 0.486 e. The van der Waals surface area contributed by atoms with E-state index in [1.807, 2.05) is 11.8 Å². The molecule has 0 radical (unpaired) electrons. The molecular weight excluding hydrogens is 478 g/mol. The SMILES string of the molecule is CCOC(=O)N1CC[C@]23c4c5c(Br)cc(C)c4O[C@H]2[C@@H](O)[C@H](Br)C[C@H]3[C@H]1C5. The number of hydrogen-bond acceptors (Lipinski definition) is 4. The molecule has 1 aromatic rings. The average molecular weight is 501 g/mol. The molecule has 1 spiro atoms. The van der Waals surface area contributed by atoms with Crippen molar-refractivity contribution in [1.29, 1.82) is 0 Å². The van der Waals surface area contributed by atoms with Crippen LogP contribution in [0.25, 0.3) is 0 Å². The summed E-state index contributed by atoms with van der Waals surface area (Å²) in [4.78, 5) is 14.5. The molecule has 2 heterocycles. The van der Waals surface area contributed by atoms with Gasteiger partial charge in [-0.3, -0.25) is 0 Å². The number of alkyl halides is 1. The molecule has 1 aromatic carbocycles. The van der Waals surface area contributed by atoms with Crippen LogP contribution in [-0.4, -0.2) is 52.3 Å². The van der Waals surface area contributed by atoms with Gasteiger partial charge in [0.15, 0.2) is 0 Å². The van der Waals surface area contributed by atoms with Crippen molar-refractivity contribution in [1.82, 2.24) is 4.90 Å². The van der Waals surface area contributed by atoms with Crippen LogP contribution in [0.2, 0.25) is 0 Å². The summed E-state index contributed by atoms with van der Waals surface area (Å²) in [6, 6.07) is 2.17. The molecule has 27 heavy (non-hydrogen) atoms. The number of carbonyl (C=O) groups is 1. The number of nitrogens with zero attached hydrogens (tertiary/aromatic N) is 1. The van der Waals surface area contributed by atoms with Crippen molar-refractivity contribution in [3.8, 4) is 5.75 Å². The predicted molar refractivity (Wildman–Crippen MR) is 108 cm³/mol. The molecule has 4 aliphatic rings. The van der Waals surface area contributed by atoms with Crippen LogP contribution >= 0.6 is 31.9 Å². The molecule has 7 heteroatoms. The van der Waals surface area contributed by atoms with Gasteiger partial charge in [-0.25, -0.2) is 4.79 Å². The first-order valence-corrected chi connectivity index (χ1v) is 11.4. The molecule has 2 fully saturated rings. The van der Waals surface area contributed by atoms with E-state index in [2.05, 4.69) is 44.8 Å². The van der Waals surface area contributed by atoms with Gasteiger partial charge in [0.1, 0.15) is 18.0 Å². The van der Waals surface area contributed by atoms with Crippen LogP contribution in [0, 0.1) is 12.8 Å². The smallest absolute Gasteiger partial charge is 0.410 e. The molecule has 6 atom stereocenters. The number of aliphatic hydroxyl groups is 1. The second-order valence-corrected chi connectivity index (χ2v) is 10.2. The maximum absolute atomic E-state index is 12.7. The fraction of sp³-hybridized carbons (Fsp3) is 0.650. The molecule has 2 aliphatic heterocycles. The summed E-state index contributed by atoms with van der Waals surface area (Å²) in [7, 11) is 0. The minimum atomic E-state index is -0.562. The predicted octanol–water partition coefficient (Wildman–Crippen LogP) is 3.69. The van der Waals surface area contributed by atoms with Gasteiger partial charge in [-0.15, -0.1) is 0 Å². The number of ether oxygens (including phenoxy) is 2. The third-order valence-corrected chi connectivity index (χ3v) is 8.73. The van der Waals surface area contributed by atoms with Crippen molar-refractivity contribution < 1.29 is 19.4 Å². The van der Waals surface area contributed by atoms with Gasteiger partial charge in [-0.05, 0) is 56.2 Å². The summed E-state index contributed by atoms with van der Waals surface area (Å²) in [6.07, 6.45) is 1.36. The van der Waals surface area contributed by atoms with E-state index in [0.29, 0.717) is 13.2 Å². The number of halogens is 2. The van der Waals surface area contributed by atoms with Gasteiger partial charge in [-0.1, -0.05) is 31.9 Å². The average Bonchev–Trinajstić information content (AvgIpc) is 2.95. The Hall–Kier alpha value is -0.790. The number of likely N-dealkylation sites (tertiary alicyclic amines) is 1. The van der Waals surface area contributed by atoms with Crippen molar-refractivity contribution >= 4 is 38.0 Å². The standard InChI is InChI=1S/C20H23Br2NO4/c1-3-26-19(25)23-5-4-20-11-8-13(22)16(24)18(20)27-17-9(2)6-12(21)10(15(17)20)7-14(11)23/h6,11,13-14,16,18,24H,3-5,7-8H2,1-2H3/t11-,13+,14+,16-,18-,20-/m0/s1. The highest BCUT2D eigenvalue weighted by molar-refractivity contribution is 9.10. The van der Waals surface area contributed by atoms with E-state index < -0.39 is 6.10 Å². The Morgan fingerprint density at radius 1 is 1.52 bits per heavy atom. The Balaban J connectivity index is 1.71. The molecule has 146 valence electrons. The van der Waals surface area contributed by atoms with E-state index >= 15 is 0 Å². The Morgan fingerprint density at radius 2 is 2.30 bits per heavy atom. The number of piperidine rings is 1. The quantitative estimate of drug-likeness (QED) is 0.597. The zero-order valence-corrected chi connectivity index (χ0v) is 18.5. The van der Waals surface area contributed by atoms with E-state index in [4.69, 9.17) is 9.47 Å². The lowest BCUT2D eigenvalue weighted by Crippen LogP contribution is -2.69. The molecular formula is C20H23Br2NO4. The maximum atomic E-state index is 12.7. The summed E-state index contributed by atoms with van der Waals surface area (Å²) in [6.45, 7) is 4.94. The van der Waals surface area contributed by atoms with Gasteiger partial charge in [0.05, 0.1) is 6.61 Å².